The standard InChI is InChI=1S/C25H28N4O/c1-18(2)20-10-8-19(9-11-20)15-26-24(30)22-7-5-6-21(14-22)23-16-27-25(28-17-23)29-12-3-4-13-29/h5-11,14,16-18H,3-4,12-13,15H2,1-2H3,(H,26,30). The zero-order chi connectivity index (χ0) is 20.9. The molecule has 5 nitrogen and oxygen atoms in total. The average Bonchev–Trinajstić information content (AvgIpc) is 3.33. The molecule has 4 rings (SSSR count). The Balaban J connectivity index is 1.41. The zero-order valence-corrected chi connectivity index (χ0v) is 17.6. The second kappa shape index (κ2) is 9.08. The number of nitrogens with one attached hydrogen (secondary N) is 1. The van der Waals surface area contributed by atoms with E-state index in [1.807, 2.05) is 36.7 Å². The molecule has 1 aromatic heterocycles. The highest BCUT2D eigenvalue weighted by atomic mass is 16.1. The maximum atomic E-state index is 12.7. The smallest absolute Gasteiger partial charge is 0.251 e. The number of hydrogen-bond donors (Lipinski definition) is 1. The van der Waals surface area contributed by atoms with E-state index in [0.29, 0.717) is 18.0 Å². The van der Waals surface area contributed by atoms with E-state index in [0.717, 1.165) is 35.7 Å². The van der Waals surface area contributed by atoms with Gasteiger partial charge in [0.1, 0.15) is 0 Å². The van der Waals surface area contributed by atoms with Gasteiger partial charge in [-0.3, -0.25) is 4.79 Å². The quantitative estimate of drug-likeness (QED) is 0.646. The topological polar surface area (TPSA) is 58.1 Å². The van der Waals surface area contributed by atoms with Gasteiger partial charge in [0.05, 0.1) is 0 Å². The Morgan fingerprint density at radius 3 is 2.37 bits per heavy atom. The van der Waals surface area contributed by atoms with Crippen LogP contribution in [0, 0.1) is 0 Å². The SMILES string of the molecule is CC(C)c1ccc(CNC(=O)c2cccc(-c3cnc(N4CCCC4)nc3)c2)cc1. The van der Waals surface area contributed by atoms with Crippen LogP contribution >= 0.6 is 0 Å². The highest BCUT2D eigenvalue weighted by Gasteiger charge is 2.15. The molecule has 3 aromatic rings. The van der Waals surface area contributed by atoms with Gasteiger partial charge in [-0.1, -0.05) is 50.2 Å². The Kier molecular flexibility index (Phi) is 6.07. The molecule has 154 valence electrons. The third-order valence-corrected chi connectivity index (χ3v) is 5.58. The molecule has 5 heteroatoms. The van der Waals surface area contributed by atoms with Crippen molar-refractivity contribution in [3.05, 3.63) is 77.6 Å². The fourth-order valence-electron chi connectivity index (χ4n) is 3.70. The monoisotopic (exact) mass is 400 g/mol. The second-order valence-electron chi connectivity index (χ2n) is 8.13. The number of benzene rings is 2. The summed E-state index contributed by atoms with van der Waals surface area (Å²) in [5, 5.41) is 3.01. The lowest BCUT2D eigenvalue weighted by Gasteiger charge is -2.14. The van der Waals surface area contributed by atoms with Gasteiger partial charge in [0.15, 0.2) is 0 Å². The third-order valence-electron chi connectivity index (χ3n) is 5.58. The normalized spacial score (nSPS) is 13.6. The number of anilines is 1. The molecule has 1 aliphatic rings. The Hall–Kier alpha value is -3.21. The number of rotatable bonds is 6. The van der Waals surface area contributed by atoms with Crippen LogP contribution in [0.15, 0.2) is 60.9 Å². The van der Waals surface area contributed by atoms with Crippen LogP contribution in [0.3, 0.4) is 0 Å². The molecular weight excluding hydrogens is 372 g/mol. The predicted molar refractivity (Wildman–Crippen MR) is 121 cm³/mol. The second-order valence-corrected chi connectivity index (χ2v) is 8.13. The molecule has 2 heterocycles. The number of nitrogens with zero attached hydrogens (tertiary/aromatic N) is 3. The summed E-state index contributed by atoms with van der Waals surface area (Å²) in [5.41, 5.74) is 4.88. The van der Waals surface area contributed by atoms with Crippen LogP contribution in [0.4, 0.5) is 5.95 Å². The van der Waals surface area contributed by atoms with Crippen LogP contribution < -0.4 is 10.2 Å². The first-order valence-corrected chi connectivity index (χ1v) is 10.6. The first kappa shape index (κ1) is 20.1. The highest BCUT2D eigenvalue weighted by molar-refractivity contribution is 5.95. The van der Waals surface area contributed by atoms with Crippen molar-refractivity contribution in [1.29, 1.82) is 0 Å². The molecule has 0 aliphatic carbocycles. The van der Waals surface area contributed by atoms with Crippen LogP contribution in [0.2, 0.25) is 0 Å². The lowest BCUT2D eigenvalue weighted by Crippen LogP contribution is -2.22. The molecule has 30 heavy (non-hydrogen) atoms. The van der Waals surface area contributed by atoms with E-state index in [-0.39, 0.29) is 5.91 Å². The average molecular weight is 401 g/mol. The number of aromatic nitrogens is 2. The van der Waals surface area contributed by atoms with Crippen LogP contribution in [-0.4, -0.2) is 29.0 Å². The van der Waals surface area contributed by atoms with Gasteiger partial charge in [-0.25, -0.2) is 9.97 Å². The van der Waals surface area contributed by atoms with Crippen molar-refractivity contribution in [2.24, 2.45) is 0 Å². The van der Waals surface area contributed by atoms with E-state index in [4.69, 9.17) is 0 Å². The molecule has 1 fully saturated rings. The molecule has 1 saturated heterocycles. The Bertz CT molecular complexity index is 990. The summed E-state index contributed by atoms with van der Waals surface area (Å²) in [4.78, 5) is 23.9. The number of carbonyl (C=O) groups excluding carboxylic acids is 1. The van der Waals surface area contributed by atoms with Crippen LogP contribution in [0.1, 0.15) is 54.1 Å². The van der Waals surface area contributed by atoms with Crippen molar-refractivity contribution >= 4 is 11.9 Å². The lowest BCUT2D eigenvalue weighted by molar-refractivity contribution is 0.0951. The van der Waals surface area contributed by atoms with E-state index in [1.54, 1.807) is 0 Å². The van der Waals surface area contributed by atoms with Crippen LogP contribution in [0.5, 0.6) is 0 Å². The van der Waals surface area contributed by atoms with Crippen molar-refractivity contribution in [2.45, 2.75) is 39.2 Å². The molecule has 0 unspecified atom stereocenters. The number of carbonyl (C=O) groups is 1. The third kappa shape index (κ3) is 4.67. The number of amides is 1. The summed E-state index contributed by atoms with van der Waals surface area (Å²) in [6.45, 7) is 6.91. The van der Waals surface area contributed by atoms with E-state index in [1.165, 1.54) is 18.4 Å². The molecule has 0 atom stereocenters. The van der Waals surface area contributed by atoms with Gasteiger partial charge in [0.2, 0.25) is 5.95 Å². The summed E-state index contributed by atoms with van der Waals surface area (Å²) in [5.74, 6) is 1.21. The minimum atomic E-state index is -0.0839. The molecule has 1 aliphatic heterocycles. The maximum absolute atomic E-state index is 12.7. The number of hydrogen-bond acceptors (Lipinski definition) is 4. The first-order valence-electron chi connectivity index (χ1n) is 10.6. The molecule has 0 spiro atoms. The molecule has 0 saturated carbocycles. The predicted octanol–water partition coefficient (Wildman–Crippen LogP) is 4.80. The van der Waals surface area contributed by atoms with Gasteiger partial charge in [-0.15, -0.1) is 0 Å². The summed E-state index contributed by atoms with van der Waals surface area (Å²) in [6, 6.07) is 16.0. The minimum absolute atomic E-state index is 0.0839. The van der Waals surface area contributed by atoms with Gasteiger partial charge in [0, 0.05) is 43.2 Å². The minimum Gasteiger partial charge on any atom is -0.348 e. The molecule has 0 radical (unpaired) electrons. The van der Waals surface area contributed by atoms with Crippen molar-refractivity contribution in [1.82, 2.24) is 15.3 Å². The van der Waals surface area contributed by atoms with Crippen molar-refractivity contribution < 1.29 is 4.79 Å². The van der Waals surface area contributed by atoms with Crippen molar-refractivity contribution in [2.75, 3.05) is 18.0 Å². The van der Waals surface area contributed by atoms with Gasteiger partial charge in [0.25, 0.3) is 5.91 Å². The van der Waals surface area contributed by atoms with E-state index >= 15 is 0 Å². The molecule has 1 N–H and O–H groups in total. The lowest BCUT2D eigenvalue weighted by atomic mass is 10.0. The Labute approximate surface area is 178 Å². The van der Waals surface area contributed by atoms with E-state index in [2.05, 4.69) is 58.3 Å². The highest BCUT2D eigenvalue weighted by Crippen LogP contribution is 2.22. The largest absolute Gasteiger partial charge is 0.348 e. The van der Waals surface area contributed by atoms with Gasteiger partial charge < -0.3 is 10.2 Å². The zero-order valence-electron chi connectivity index (χ0n) is 17.6. The van der Waals surface area contributed by atoms with Crippen LogP contribution in [0.25, 0.3) is 11.1 Å². The van der Waals surface area contributed by atoms with Crippen molar-refractivity contribution in [3.8, 4) is 11.1 Å². The van der Waals surface area contributed by atoms with Gasteiger partial charge >= 0.3 is 0 Å². The fraction of sp³-hybridized carbons (Fsp3) is 0.320. The Morgan fingerprint density at radius 2 is 1.70 bits per heavy atom. The van der Waals surface area contributed by atoms with Crippen LogP contribution in [-0.2, 0) is 6.54 Å². The summed E-state index contributed by atoms with van der Waals surface area (Å²) in [6.07, 6.45) is 6.08. The summed E-state index contributed by atoms with van der Waals surface area (Å²) >= 11 is 0. The summed E-state index contributed by atoms with van der Waals surface area (Å²) in [7, 11) is 0. The molecular formula is C25H28N4O. The van der Waals surface area contributed by atoms with E-state index < -0.39 is 0 Å². The Morgan fingerprint density at radius 1 is 1.00 bits per heavy atom. The maximum Gasteiger partial charge on any atom is 0.251 e. The fourth-order valence-corrected chi connectivity index (χ4v) is 3.70. The molecule has 0 bridgehead atoms. The van der Waals surface area contributed by atoms with Gasteiger partial charge in [-0.2, -0.15) is 0 Å². The molecule has 1 amide bonds. The van der Waals surface area contributed by atoms with Crippen molar-refractivity contribution in [3.63, 3.8) is 0 Å². The first-order chi connectivity index (χ1) is 14.6. The van der Waals surface area contributed by atoms with Gasteiger partial charge in [-0.05, 0) is 47.6 Å². The summed E-state index contributed by atoms with van der Waals surface area (Å²) < 4.78 is 0. The van der Waals surface area contributed by atoms with E-state index in [9.17, 15) is 4.79 Å². The molecule has 2 aromatic carbocycles.